The fraction of sp³-hybridized carbons (Fsp3) is 0.222. The van der Waals surface area contributed by atoms with Crippen LogP contribution < -0.4 is 5.32 Å². The smallest absolute Gasteiger partial charge is 0.249 e. The minimum absolute atomic E-state index is 0.0656. The van der Waals surface area contributed by atoms with Gasteiger partial charge >= 0.3 is 0 Å². The van der Waals surface area contributed by atoms with Crippen LogP contribution in [0.1, 0.15) is 11.8 Å². The molecular weight excluding hydrogens is 170 g/mol. The third-order valence-corrected chi connectivity index (χ3v) is 2.74. The Kier molecular flexibility index (Phi) is 1.73. The summed E-state index contributed by atoms with van der Waals surface area (Å²) >= 11 is 1.65. The largest absolute Gasteiger partial charge is 0.346 e. The number of carbonyl (C=O) groups excluding carboxylic acids is 1. The van der Waals surface area contributed by atoms with Crippen LogP contribution in [0.4, 0.5) is 0 Å². The molecule has 3 heteroatoms. The topological polar surface area (TPSA) is 29.1 Å². The van der Waals surface area contributed by atoms with Crippen molar-refractivity contribution in [2.75, 3.05) is 0 Å². The second-order valence-corrected chi connectivity index (χ2v) is 3.79. The lowest BCUT2D eigenvalue weighted by atomic mass is 9.99. The molecule has 12 heavy (non-hydrogen) atoms. The monoisotopic (exact) mass is 179 g/mol. The first kappa shape index (κ1) is 7.55. The van der Waals surface area contributed by atoms with Crippen LogP contribution in [0.2, 0.25) is 0 Å². The molecule has 1 aromatic heterocycles. The third kappa shape index (κ3) is 1.16. The number of nitrogens with one attached hydrogen (secondary N) is 1. The first-order valence-electron chi connectivity index (χ1n) is 3.83. The Balaban J connectivity index is 2.24. The van der Waals surface area contributed by atoms with E-state index in [1.807, 2.05) is 30.5 Å². The van der Waals surface area contributed by atoms with E-state index in [0.717, 1.165) is 10.5 Å². The lowest BCUT2D eigenvalue weighted by molar-refractivity contribution is -0.121. The maximum atomic E-state index is 11.0. The number of hydrogen-bond donors (Lipinski definition) is 1. The number of thiophene rings is 1. The standard InChI is InChI=1S/C9H9NOS/c1-6-8(9(11)10-6)5-7-3-2-4-12-7/h2-6H,1H3,(H,10,11)/b8-5+/t6-/m0/s1. The Morgan fingerprint density at radius 2 is 2.50 bits per heavy atom. The molecule has 1 fully saturated rings. The molecule has 62 valence electrons. The highest BCUT2D eigenvalue weighted by atomic mass is 32.1. The van der Waals surface area contributed by atoms with Crippen molar-refractivity contribution in [2.24, 2.45) is 0 Å². The van der Waals surface area contributed by atoms with Crippen molar-refractivity contribution < 1.29 is 4.79 Å². The van der Waals surface area contributed by atoms with Crippen LogP contribution in [0, 0.1) is 0 Å². The second kappa shape index (κ2) is 2.75. The summed E-state index contributed by atoms with van der Waals surface area (Å²) < 4.78 is 0. The summed E-state index contributed by atoms with van der Waals surface area (Å²) in [6.45, 7) is 1.99. The van der Waals surface area contributed by atoms with Crippen LogP contribution in [-0.4, -0.2) is 11.9 Å². The SMILES string of the molecule is C[C@@H]1NC(=O)/C1=C/c1cccs1. The van der Waals surface area contributed by atoms with Gasteiger partial charge in [0, 0.05) is 10.5 Å². The van der Waals surface area contributed by atoms with Gasteiger partial charge < -0.3 is 5.32 Å². The summed E-state index contributed by atoms with van der Waals surface area (Å²) in [7, 11) is 0. The van der Waals surface area contributed by atoms with E-state index in [1.165, 1.54) is 0 Å². The van der Waals surface area contributed by atoms with E-state index < -0.39 is 0 Å². The Bertz CT molecular complexity index is 326. The van der Waals surface area contributed by atoms with Crippen LogP contribution in [0.5, 0.6) is 0 Å². The fourth-order valence-corrected chi connectivity index (χ4v) is 1.86. The van der Waals surface area contributed by atoms with Crippen molar-refractivity contribution in [3.05, 3.63) is 28.0 Å². The Morgan fingerprint density at radius 1 is 1.67 bits per heavy atom. The summed E-state index contributed by atoms with van der Waals surface area (Å²) in [5, 5.41) is 4.77. The van der Waals surface area contributed by atoms with Gasteiger partial charge in [-0.1, -0.05) is 6.07 Å². The molecule has 2 rings (SSSR count). The predicted molar refractivity (Wildman–Crippen MR) is 49.9 cm³/mol. The summed E-state index contributed by atoms with van der Waals surface area (Å²) in [6, 6.07) is 4.22. The maximum absolute atomic E-state index is 11.0. The van der Waals surface area contributed by atoms with Gasteiger partial charge in [0.15, 0.2) is 0 Å². The van der Waals surface area contributed by atoms with E-state index in [9.17, 15) is 4.79 Å². The molecule has 1 aliphatic heterocycles. The molecule has 0 aliphatic carbocycles. The van der Waals surface area contributed by atoms with Crippen LogP contribution in [-0.2, 0) is 4.79 Å². The first-order valence-corrected chi connectivity index (χ1v) is 4.71. The molecule has 1 aliphatic rings. The van der Waals surface area contributed by atoms with Crippen molar-refractivity contribution >= 4 is 23.3 Å². The molecule has 1 aromatic rings. The molecule has 2 nitrogen and oxygen atoms in total. The van der Waals surface area contributed by atoms with E-state index in [2.05, 4.69) is 5.32 Å². The fourth-order valence-electron chi connectivity index (χ4n) is 1.19. The van der Waals surface area contributed by atoms with Gasteiger partial charge in [-0.2, -0.15) is 0 Å². The van der Waals surface area contributed by atoms with E-state index >= 15 is 0 Å². The van der Waals surface area contributed by atoms with E-state index in [-0.39, 0.29) is 11.9 Å². The molecule has 1 amide bonds. The van der Waals surface area contributed by atoms with Gasteiger partial charge in [0.05, 0.1) is 6.04 Å². The molecule has 1 N–H and O–H groups in total. The van der Waals surface area contributed by atoms with Crippen molar-refractivity contribution in [3.8, 4) is 0 Å². The maximum Gasteiger partial charge on any atom is 0.249 e. The molecule has 0 unspecified atom stereocenters. The van der Waals surface area contributed by atoms with E-state index in [4.69, 9.17) is 0 Å². The average molecular weight is 179 g/mol. The zero-order valence-electron chi connectivity index (χ0n) is 6.70. The van der Waals surface area contributed by atoms with Gasteiger partial charge in [-0.3, -0.25) is 4.79 Å². The molecule has 0 radical (unpaired) electrons. The first-order chi connectivity index (χ1) is 5.77. The lowest BCUT2D eigenvalue weighted by Gasteiger charge is -2.26. The van der Waals surface area contributed by atoms with Gasteiger partial charge in [0.2, 0.25) is 5.91 Å². The highest BCUT2D eigenvalue weighted by molar-refractivity contribution is 7.10. The van der Waals surface area contributed by atoms with Gasteiger partial charge in [-0.15, -0.1) is 11.3 Å². The van der Waals surface area contributed by atoms with Crippen LogP contribution >= 0.6 is 11.3 Å². The van der Waals surface area contributed by atoms with Crippen LogP contribution in [0.3, 0.4) is 0 Å². The van der Waals surface area contributed by atoms with Crippen LogP contribution in [0.15, 0.2) is 23.1 Å². The Hall–Kier alpha value is -1.09. The predicted octanol–water partition coefficient (Wildman–Crippen LogP) is 1.65. The minimum Gasteiger partial charge on any atom is -0.346 e. The molecule has 0 saturated carbocycles. The molecule has 2 heterocycles. The van der Waals surface area contributed by atoms with Gasteiger partial charge in [-0.25, -0.2) is 0 Å². The zero-order chi connectivity index (χ0) is 8.55. The van der Waals surface area contributed by atoms with Crippen molar-refractivity contribution in [3.63, 3.8) is 0 Å². The summed E-state index contributed by atoms with van der Waals surface area (Å²) in [6.07, 6.45) is 1.95. The highest BCUT2D eigenvalue weighted by Crippen LogP contribution is 2.19. The molecule has 0 aromatic carbocycles. The lowest BCUT2D eigenvalue weighted by Crippen LogP contribution is -2.49. The van der Waals surface area contributed by atoms with Crippen molar-refractivity contribution in [1.82, 2.24) is 5.32 Å². The molecule has 1 saturated heterocycles. The van der Waals surface area contributed by atoms with E-state index in [0.29, 0.717) is 0 Å². The number of β-lactam (4-membered cyclic amide) rings is 1. The summed E-state index contributed by atoms with van der Waals surface area (Å²) in [5.41, 5.74) is 0.887. The van der Waals surface area contributed by atoms with Crippen molar-refractivity contribution in [1.29, 1.82) is 0 Å². The van der Waals surface area contributed by atoms with Crippen molar-refractivity contribution in [2.45, 2.75) is 13.0 Å². The molecular formula is C9H9NOS. The minimum atomic E-state index is 0.0656. The molecule has 0 spiro atoms. The van der Waals surface area contributed by atoms with Gasteiger partial charge in [0.1, 0.15) is 0 Å². The average Bonchev–Trinajstić information content (AvgIpc) is 2.52. The third-order valence-electron chi connectivity index (χ3n) is 1.92. The molecule has 0 bridgehead atoms. The van der Waals surface area contributed by atoms with E-state index in [1.54, 1.807) is 11.3 Å². The summed E-state index contributed by atoms with van der Waals surface area (Å²) in [5.74, 6) is 0.0656. The highest BCUT2D eigenvalue weighted by Gasteiger charge is 2.27. The number of hydrogen-bond acceptors (Lipinski definition) is 2. The summed E-state index contributed by atoms with van der Waals surface area (Å²) in [4.78, 5) is 12.1. The number of carbonyl (C=O) groups is 1. The normalized spacial score (nSPS) is 25.2. The Labute approximate surface area is 74.9 Å². The Morgan fingerprint density at radius 3 is 3.00 bits per heavy atom. The van der Waals surface area contributed by atoms with Gasteiger partial charge in [0.25, 0.3) is 0 Å². The number of rotatable bonds is 1. The number of amides is 1. The second-order valence-electron chi connectivity index (χ2n) is 2.81. The van der Waals surface area contributed by atoms with Crippen LogP contribution in [0.25, 0.3) is 6.08 Å². The molecule has 1 atom stereocenters. The zero-order valence-corrected chi connectivity index (χ0v) is 7.52. The van der Waals surface area contributed by atoms with Gasteiger partial charge in [-0.05, 0) is 24.4 Å². The quantitative estimate of drug-likeness (QED) is 0.515.